The lowest BCUT2D eigenvalue weighted by atomic mass is 10.2. The number of para-hydroxylation sites is 1. The third kappa shape index (κ3) is 4.64. The first-order valence-corrected chi connectivity index (χ1v) is 5.68. The van der Waals surface area contributed by atoms with Crippen LogP contribution >= 0.6 is 0 Å². The van der Waals surface area contributed by atoms with E-state index in [0.29, 0.717) is 5.52 Å². The van der Waals surface area contributed by atoms with Crippen molar-refractivity contribution in [1.82, 2.24) is 4.98 Å². The third-order valence-corrected chi connectivity index (χ3v) is 1.74. The van der Waals surface area contributed by atoms with E-state index in [0.717, 1.165) is 5.39 Å². The molecule has 0 atom stereocenters. The van der Waals surface area contributed by atoms with Crippen LogP contribution in [0.5, 0.6) is 5.75 Å². The number of aromatic amines is 1. The highest BCUT2D eigenvalue weighted by molar-refractivity contribution is 7.79. The zero-order chi connectivity index (χ0) is 13.1. The molecular formula is C9H9NO6S. The predicted octanol–water partition coefficient (Wildman–Crippen LogP) is 0.581. The number of pyridine rings is 1. The van der Waals surface area contributed by atoms with E-state index in [-0.39, 0.29) is 11.3 Å². The molecule has 2 rings (SSSR count). The maximum Gasteiger partial charge on any atom is 0.394 e. The van der Waals surface area contributed by atoms with Gasteiger partial charge in [-0.1, -0.05) is 12.1 Å². The Hall–Kier alpha value is -1.90. The number of hydrogen-bond acceptors (Lipinski definition) is 4. The topological polar surface area (TPSA) is 128 Å². The largest absolute Gasteiger partial charge is 0.506 e. The van der Waals surface area contributed by atoms with Gasteiger partial charge in [-0.05, 0) is 12.1 Å². The lowest BCUT2D eigenvalue weighted by molar-refractivity contribution is 0.381. The Bertz CT molecular complexity index is 667. The van der Waals surface area contributed by atoms with Crippen LogP contribution in [0.15, 0.2) is 35.1 Å². The van der Waals surface area contributed by atoms with Crippen molar-refractivity contribution in [2.24, 2.45) is 0 Å². The Morgan fingerprint density at radius 3 is 2.24 bits per heavy atom. The molecule has 2 aromatic rings. The molecule has 0 fully saturated rings. The monoisotopic (exact) mass is 259 g/mol. The maximum atomic E-state index is 10.9. The highest BCUT2D eigenvalue weighted by Crippen LogP contribution is 2.19. The number of fused-ring (bicyclic) bond motifs is 1. The minimum Gasteiger partial charge on any atom is -0.506 e. The highest BCUT2D eigenvalue weighted by atomic mass is 32.3. The molecule has 0 spiro atoms. The molecule has 0 radical (unpaired) electrons. The van der Waals surface area contributed by atoms with Gasteiger partial charge >= 0.3 is 10.4 Å². The number of phenolic OH excluding ortho intramolecular Hbond substituents is 1. The average Bonchev–Trinajstić information content (AvgIpc) is 2.17. The second-order valence-electron chi connectivity index (χ2n) is 3.01. The predicted molar refractivity (Wildman–Crippen MR) is 60.4 cm³/mol. The number of aromatic hydroxyl groups is 1. The third-order valence-electron chi connectivity index (χ3n) is 1.74. The summed E-state index contributed by atoms with van der Waals surface area (Å²) in [6.45, 7) is 0. The lowest BCUT2D eigenvalue weighted by Gasteiger charge is -1.97. The molecule has 17 heavy (non-hydrogen) atoms. The first-order chi connectivity index (χ1) is 7.77. The number of rotatable bonds is 0. The molecule has 0 saturated carbocycles. The van der Waals surface area contributed by atoms with Crippen molar-refractivity contribution in [2.75, 3.05) is 0 Å². The fourth-order valence-electron chi connectivity index (χ4n) is 1.16. The summed E-state index contributed by atoms with van der Waals surface area (Å²) in [6, 6.07) is 8.20. The molecule has 0 unspecified atom stereocenters. The Morgan fingerprint density at radius 1 is 1.06 bits per heavy atom. The highest BCUT2D eigenvalue weighted by Gasteiger charge is 1.97. The van der Waals surface area contributed by atoms with Gasteiger partial charge in [0.2, 0.25) is 5.56 Å². The molecule has 1 heterocycles. The minimum atomic E-state index is -4.67. The van der Waals surface area contributed by atoms with Crippen molar-refractivity contribution in [3.63, 3.8) is 0 Å². The van der Waals surface area contributed by atoms with Crippen molar-refractivity contribution >= 4 is 21.3 Å². The number of aromatic nitrogens is 1. The molecule has 0 saturated heterocycles. The number of H-pyrrole nitrogens is 1. The van der Waals surface area contributed by atoms with E-state index in [2.05, 4.69) is 4.98 Å². The van der Waals surface area contributed by atoms with E-state index in [4.69, 9.17) is 17.5 Å². The SMILES string of the molecule is O=S(=O)(O)O.O=c1ccc2cccc(O)c2[nH]1. The zero-order valence-electron chi connectivity index (χ0n) is 8.36. The normalized spacial score (nSPS) is 10.7. The quantitative estimate of drug-likeness (QED) is 0.512. The van der Waals surface area contributed by atoms with Crippen LogP contribution in [0.25, 0.3) is 10.9 Å². The second-order valence-corrected chi connectivity index (χ2v) is 3.91. The van der Waals surface area contributed by atoms with Gasteiger partial charge < -0.3 is 10.1 Å². The summed E-state index contributed by atoms with van der Waals surface area (Å²) in [4.78, 5) is 13.4. The van der Waals surface area contributed by atoms with Gasteiger partial charge in [0.25, 0.3) is 0 Å². The summed E-state index contributed by atoms with van der Waals surface area (Å²) in [5, 5.41) is 10.2. The van der Waals surface area contributed by atoms with E-state index >= 15 is 0 Å². The second kappa shape index (κ2) is 4.95. The smallest absolute Gasteiger partial charge is 0.394 e. The van der Waals surface area contributed by atoms with Crippen LogP contribution in [-0.4, -0.2) is 27.6 Å². The van der Waals surface area contributed by atoms with Crippen molar-refractivity contribution in [3.05, 3.63) is 40.7 Å². The minimum absolute atomic E-state index is 0.102. The Morgan fingerprint density at radius 2 is 1.65 bits per heavy atom. The summed E-state index contributed by atoms with van der Waals surface area (Å²) in [7, 11) is -4.67. The molecule has 8 heteroatoms. The van der Waals surface area contributed by atoms with Crippen LogP contribution in [0.2, 0.25) is 0 Å². The summed E-state index contributed by atoms with van der Waals surface area (Å²) >= 11 is 0. The molecule has 0 aliphatic rings. The van der Waals surface area contributed by atoms with Crippen LogP contribution in [-0.2, 0) is 10.4 Å². The van der Waals surface area contributed by atoms with E-state index in [9.17, 15) is 9.90 Å². The molecule has 4 N–H and O–H groups in total. The molecule has 0 aliphatic heterocycles. The van der Waals surface area contributed by atoms with Crippen LogP contribution in [0.1, 0.15) is 0 Å². The summed E-state index contributed by atoms with van der Waals surface area (Å²) in [5.74, 6) is 0.102. The number of hydrogen-bond donors (Lipinski definition) is 4. The molecule has 0 bridgehead atoms. The Balaban J connectivity index is 0.000000249. The van der Waals surface area contributed by atoms with Crippen LogP contribution < -0.4 is 5.56 Å². The van der Waals surface area contributed by atoms with E-state index in [1.807, 2.05) is 6.07 Å². The maximum absolute atomic E-state index is 10.9. The van der Waals surface area contributed by atoms with Crippen molar-refractivity contribution in [2.45, 2.75) is 0 Å². The van der Waals surface area contributed by atoms with E-state index in [1.54, 1.807) is 12.1 Å². The Labute approximate surface area is 95.9 Å². The fraction of sp³-hybridized carbons (Fsp3) is 0. The number of phenols is 1. The number of nitrogens with one attached hydrogen (secondary N) is 1. The van der Waals surface area contributed by atoms with Gasteiger partial charge in [-0.15, -0.1) is 0 Å². The van der Waals surface area contributed by atoms with Crippen LogP contribution in [0, 0.1) is 0 Å². The molecular weight excluding hydrogens is 250 g/mol. The average molecular weight is 259 g/mol. The van der Waals surface area contributed by atoms with Crippen LogP contribution in [0.4, 0.5) is 0 Å². The fourth-order valence-corrected chi connectivity index (χ4v) is 1.16. The standard InChI is InChI=1S/C9H7NO2.H2O4S/c11-7-3-1-2-6-4-5-8(12)10-9(6)7;1-5(2,3)4/h1-5,11H,(H,10,12);(H2,1,2,3,4). The molecule has 7 nitrogen and oxygen atoms in total. The Kier molecular flexibility index (Phi) is 3.84. The zero-order valence-corrected chi connectivity index (χ0v) is 9.18. The number of benzene rings is 1. The van der Waals surface area contributed by atoms with Crippen molar-refractivity contribution < 1.29 is 22.6 Å². The van der Waals surface area contributed by atoms with Crippen LogP contribution in [0.3, 0.4) is 0 Å². The van der Waals surface area contributed by atoms with Crippen molar-refractivity contribution in [3.8, 4) is 5.75 Å². The summed E-state index contributed by atoms with van der Waals surface area (Å²) in [5.41, 5.74) is 0.286. The van der Waals surface area contributed by atoms with Gasteiger partial charge in [0.15, 0.2) is 0 Å². The van der Waals surface area contributed by atoms with E-state index in [1.165, 1.54) is 12.1 Å². The molecule has 1 aromatic heterocycles. The molecule has 92 valence electrons. The molecule has 0 amide bonds. The molecule has 0 aliphatic carbocycles. The van der Waals surface area contributed by atoms with Gasteiger partial charge in [0, 0.05) is 11.5 Å². The van der Waals surface area contributed by atoms with Gasteiger partial charge in [-0.3, -0.25) is 13.9 Å². The summed E-state index contributed by atoms with van der Waals surface area (Å²) in [6.07, 6.45) is 0. The summed E-state index contributed by atoms with van der Waals surface area (Å²) < 4.78 is 31.6. The molecule has 1 aromatic carbocycles. The first-order valence-electron chi connectivity index (χ1n) is 4.28. The lowest BCUT2D eigenvalue weighted by Crippen LogP contribution is -2.01. The van der Waals surface area contributed by atoms with Gasteiger partial charge in [-0.2, -0.15) is 8.42 Å². The van der Waals surface area contributed by atoms with Gasteiger partial charge in [-0.25, -0.2) is 0 Å². The van der Waals surface area contributed by atoms with Crippen molar-refractivity contribution in [1.29, 1.82) is 0 Å². The first kappa shape index (κ1) is 13.2. The van der Waals surface area contributed by atoms with Gasteiger partial charge in [0.1, 0.15) is 5.75 Å². The van der Waals surface area contributed by atoms with E-state index < -0.39 is 10.4 Å². The van der Waals surface area contributed by atoms with Gasteiger partial charge in [0.05, 0.1) is 5.52 Å².